The van der Waals surface area contributed by atoms with E-state index in [4.69, 9.17) is 9.40 Å². The van der Waals surface area contributed by atoms with Crippen LogP contribution in [0.1, 0.15) is 0 Å². The zero-order chi connectivity index (χ0) is 18.9. The van der Waals surface area contributed by atoms with Crippen LogP contribution in [0.3, 0.4) is 0 Å². The number of hydrogen-bond donors (Lipinski definition) is 0. The van der Waals surface area contributed by atoms with Gasteiger partial charge in [-0.25, -0.2) is 4.98 Å². The average Bonchev–Trinajstić information content (AvgIpc) is 3.41. The molecule has 0 radical (unpaired) electrons. The standard InChI is InChI=1S/C25H15N3O/c1-6-12-23-17(7-1)18-15-16(13-14-24(18)29-23)27-21-10-4-5-11-22(21)28-20-9-3-2-8-19(20)26-25(27)28/h1-15H. The maximum Gasteiger partial charge on any atom is 0.220 e. The van der Waals surface area contributed by atoms with Crippen LogP contribution in [-0.2, 0) is 0 Å². The van der Waals surface area contributed by atoms with Crippen LogP contribution in [0.5, 0.6) is 0 Å². The molecule has 0 N–H and O–H groups in total. The molecule has 7 aromatic rings. The van der Waals surface area contributed by atoms with Gasteiger partial charge in [0.25, 0.3) is 0 Å². The molecule has 136 valence electrons. The maximum absolute atomic E-state index is 6.02. The fourth-order valence-electron chi connectivity index (χ4n) is 4.46. The summed E-state index contributed by atoms with van der Waals surface area (Å²) in [4.78, 5) is 4.96. The summed E-state index contributed by atoms with van der Waals surface area (Å²) in [6.45, 7) is 0. The Morgan fingerprint density at radius 1 is 0.621 bits per heavy atom. The molecule has 0 bridgehead atoms. The fourth-order valence-corrected chi connectivity index (χ4v) is 4.46. The van der Waals surface area contributed by atoms with E-state index in [1.54, 1.807) is 0 Å². The first-order valence-corrected chi connectivity index (χ1v) is 9.67. The van der Waals surface area contributed by atoms with Crippen molar-refractivity contribution >= 4 is 49.8 Å². The van der Waals surface area contributed by atoms with Crippen molar-refractivity contribution in [2.45, 2.75) is 0 Å². The van der Waals surface area contributed by atoms with E-state index in [0.717, 1.165) is 55.5 Å². The lowest BCUT2D eigenvalue weighted by Gasteiger charge is -2.05. The van der Waals surface area contributed by atoms with Crippen LogP contribution < -0.4 is 0 Å². The quantitative estimate of drug-likeness (QED) is 0.337. The molecule has 0 unspecified atom stereocenters. The van der Waals surface area contributed by atoms with Gasteiger partial charge in [0.15, 0.2) is 0 Å². The molecule has 0 aliphatic rings. The molecule has 4 aromatic carbocycles. The summed E-state index contributed by atoms with van der Waals surface area (Å²) in [7, 11) is 0. The van der Waals surface area contributed by atoms with E-state index >= 15 is 0 Å². The molecule has 3 heterocycles. The normalized spacial score (nSPS) is 12.1. The van der Waals surface area contributed by atoms with E-state index in [0.29, 0.717) is 0 Å². The molecule has 0 spiro atoms. The molecule has 0 amide bonds. The summed E-state index contributed by atoms with van der Waals surface area (Å²) in [5, 5.41) is 2.25. The largest absolute Gasteiger partial charge is 0.456 e. The molecule has 0 aliphatic heterocycles. The predicted molar refractivity (Wildman–Crippen MR) is 117 cm³/mol. The van der Waals surface area contributed by atoms with Crippen LogP contribution in [-0.4, -0.2) is 14.0 Å². The maximum atomic E-state index is 6.02. The topological polar surface area (TPSA) is 35.4 Å². The number of para-hydroxylation sites is 5. The number of furan rings is 1. The second-order valence-electron chi connectivity index (χ2n) is 7.34. The number of imidazole rings is 2. The SMILES string of the molecule is c1ccc2c(c1)nc1n(-c3ccc4oc5ccccc5c4c3)c3ccccc3n21. The summed E-state index contributed by atoms with van der Waals surface area (Å²) >= 11 is 0. The highest BCUT2D eigenvalue weighted by molar-refractivity contribution is 6.06. The third-order valence-electron chi connectivity index (χ3n) is 5.73. The zero-order valence-corrected chi connectivity index (χ0v) is 15.4. The molecule has 0 atom stereocenters. The Morgan fingerprint density at radius 2 is 1.34 bits per heavy atom. The van der Waals surface area contributed by atoms with Crippen LogP contribution in [0, 0.1) is 0 Å². The minimum Gasteiger partial charge on any atom is -0.456 e. The molecular weight excluding hydrogens is 358 g/mol. The van der Waals surface area contributed by atoms with Crippen molar-refractivity contribution in [3.8, 4) is 5.69 Å². The third-order valence-corrected chi connectivity index (χ3v) is 5.73. The molecule has 7 rings (SSSR count). The van der Waals surface area contributed by atoms with Gasteiger partial charge in [0.1, 0.15) is 11.2 Å². The summed E-state index contributed by atoms with van der Waals surface area (Å²) in [5.41, 5.74) is 7.28. The summed E-state index contributed by atoms with van der Waals surface area (Å²) in [6, 6.07) is 31.3. The lowest BCUT2D eigenvalue weighted by Crippen LogP contribution is -1.94. The molecule has 4 nitrogen and oxygen atoms in total. The molecule has 29 heavy (non-hydrogen) atoms. The zero-order valence-electron chi connectivity index (χ0n) is 15.4. The van der Waals surface area contributed by atoms with Crippen molar-refractivity contribution in [1.82, 2.24) is 14.0 Å². The van der Waals surface area contributed by atoms with Gasteiger partial charge in [-0.2, -0.15) is 0 Å². The Hall–Kier alpha value is -4.05. The van der Waals surface area contributed by atoms with Gasteiger partial charge in [-0.1, -0.05) is 42.5 Å². The van der Waals surface area contributed by atoms with Gasteiger partial charge in [-0.3, -0.25) is 8.97 Å². The second kappa shape index (κ2) is 5.26. The van der Waals surface area contributed by atoms with Crippen LogP contribution in [0.4, 0.5) is 0 Å². The molecule has 0 saturated carbocycles. The van der Waals surface area contributed by atoms with E-state index in [1.807, 2.05) is 18.2 Å². The lowest BCUT2D eigenvalue weighted by atomic mass is 10.1. The van der Waals surface area contributed by atoms with Gasteiger partial charge in [-0.15, -0.1) is 0 Å². The predicted octanol–water partition coefficient (Wildman–Crippen LogP) is 6.33. The first kappa shape index (κ1) is 14.9. The molecular formula is C25H15N3O. The van der Waals surface area contributed by atoms with Gasteiger partial charge < -0.3 is 4.42 Å². The van der Waals surface area contributed by atoms with E-state index < -0.39 is 0 Å². The van der Waals surface area contributed by atoms with Gasteiger partial charge in [0.2, 0.25) is 5.78 Å². The van der Waals surface area contributed by atoms with Crippen LogP contribution >= 0.6 is 0 Å². The van der Waals surface area contributed by atoms with Gasteiger partial charge in [0, 0.05) is 10.8 Å². The van der Waals surface area contributed by atoms with E-state index in [9.17, 15) is 0 Å². The first-order chi connectivity index (χ1) is 14.4. The second-order valence-corrected chi connectivity index (χ2v) is 7.34. The Bertz CT molecular complexity index is 1710. The van der Waals surface area contributed by atoms with Crippen LogP contribution in [0.15, 0.2) is 95.4 Å². The number of aromatic nitrogens is 3. The number of fused-ring (bicyclic) bond motifs is 8. The van der Waals surface area contributed by atoms with Crippen molar-refractivity contribution in [1.29, 1.82) is 0 Å². The summed E-state index contributed by atoms with van der Waals surface area (Å²) in [5.74, 6) is 0.916. The summed E-state index contributed by atoms with van der Waals surface area (Å²) < 4.78 is 10.5. The van der Waals surface area contributed by atoms with Crippen LogP contribution in [0.2, 0.25) is 0 Å². The highest BCUT2D eigenvalue weighted by Crippen LogP contribution is 2.33. The third kappa shape index (κ3) is 1.90. The minimum absolute atomic E-state index is 0.899. The minimum atomic E-state index is 0.899. The van der Waals surface area contributed by atoms with E-state index in [-0.39, 0.29) is 0 Å². The monoisotopic (exact) mass is 373 g/mol. The number of hydrogen-bond acceptors (Lipinski definition) is 2. The molecule has 3 aromatic heterocycles. The average molecular weight is 373 g/mol. The number of rotatable bonds is 1. The Labute approximate surface area is 165 Å². The Balaban J connectivity index is 1.65. The molecule has 0 aliphatic carbocycles. The number of benzene rings is 4. The summed E-state index contributed by atoms with van der Waals surface area (Å²) in [6.07, 6.45) is 0. The Kier molecular flexibility index (Phi) is 2.71. The van der Waals surface area contributed by atoms with Crippen molar-refractivity contribution in [3.63, 3.8) is 0 Å². The highest BCUT2D eigenvalue weighted by Gasteiger charge is 2.17. The van der Waals surface area contributed by atoms with Gasteiger partial charge in [-0.05, 0) is 48.5 Å². The van der Waals surface area contributed by atoms with Crippen molar-refractivity contribution < 1.29 is 4.42 Å². The van der Waals surface area contributed by atoms with Gasteiger partial charge in [0.05, 0.1) is 27.8 Å². The lowest BCUT2D eigenvalue weighted by molar-refractivity contribution is 0.669. The fraction of sp³-hybridized carbons (Fsp3) is 0. The van der Waals surface area contributed by atoms with E-state index in [2.05, 4.69) is 81.8 Å². The molecule has 0 fully saturated rings. The number of nitrogens with zero attached hydrogens (tertiary/aromatic N) is 3. The van der Waals surface area contributed by atoms with Crippen LogP contribution in [0.25, 0.3) is 55.5 Å². The van der Waals surface area contributed by atoms with Gasteiger partial charge >= 0.3 is 0 Å². The van der Waals surface area contributed by atoms with E-state index in [1.165, 1.54) is 0 Å². The first-order valence-electron chi connectivity index (χ1n) is 9.67. The van der Waals surface area contributed by atoms with Crippen molar-refractivity contribution in [2.24, 2.45) is 0 Å². The van der Waals surface area contributed by atoms with Crippen molar-refractivity contribution in [2.75, 3.05) is 0 Å². The Morgan fingerprint density at radius 3 is 2.28 bits per heavy atom. The smallest absolute Gasteiger partial charge is 0.220 e. The van der Waals surface area contributed by atoms with Crippen molar-refractivity contribution in [3.05, 3.63) is 91.0 Å². The molecule has 0 saturated heterocycles. The highest BCUT2D eigenvalue weighted by atomic mass is 16.3. The molecule has 4 heteroatoms.